The van der Waals surface area contributed by atoms with Crippen molar-refractivity contribution in [2.24, 2.45) is 0 Å². The van der Waals surface area contributed by atoms with E-state index < -0.39 is 18.2 Å². The number of halogens is 3. The molecule has 17 heavy (non-hydrogen) atoms. The van der Waals surface area contributed by atoms with Crippen LogP contribution in [0, 0.1) is 0 Å². The summed E-state index contributed by atoms with van der Waals surface area (Å²) in [6.45, 7) is 6.35. The Bertz CT molecular complexity index is 264. The Hall–Kier alpha value is -1.00. The second kappa shape index (κ2) is 7.35. The Kier molecular flexibility index (Phi) is 6.92. The first-order chi connectivity index (χ1) is 7.81. The van der Waals surface area contributed by atoms with Crippen LogP contribution in [0.2, 0.25) is 0 Å². The third kappa shape index (κ3) is 6.34. The van der Waals surface area contributed by atoms with Crippen LogP contribution in [0.25, 0.3) is 0 Å². The Morgan fingerprint density at radius 3 is 2.41 bits per heavy atom. The molecule has 0 N–H and O–H groups in total. The van der Waals surface area contributed by atoms with Crippen LogP contribution in [0.5, 0.6) is 0 Å². The average Bonchev–Trinajstić information content (AvgIpc) is 2.23. The van der Waals surface area contributed by atoms with Gasteiger partial charge in [0.25, 0.3) is 0 Å². The summed E-state index contributed by atoms with van der Waals surface area (Å²) in [5, 5.41) is 0. The van der Waals surface area contributed by atoms with Crippen LogP contribution < -0.4 is 0 Å². The lowest BCUT2D eigenvalue weighted by atomic mass is 10.1. The van der Waals surface area contributed by atoms with E-state index in [1.807, 2.05) is 6.92 Å². The summed E-state index contributed by atoms with van der Waals surface area (Å²) in [7, 11) is 0. The van der Waals surface area contributed by atoms with Gasteiger partial charge in [-0.1, -0.05) is 39.2 Å². The van der Waals surface area contributed by atoms with Crippen molar-refractivity contribution in [1.82, 2.24) is 0 Å². The molecule has 0 aromatic heterocycles. The van der Waals surface area contributed by atoms with E-state index in [0.717, 1.165) is 12.8 Å². The summed E-state index contributed by atoms with van der Waals surface area (Å²) >= 11 is 0. The number of hydrogen-bond donors (Lipinski definition) is 0. The number of carbonyl (C=O) groups excluding carboxylic acids is 1. The molecule has 0 saturated heterocycles. The molecule has 0 aromatic carbocycles. The van der Waals surface area contributed by atoms with E-state index in [0.29, 0.717) is 12.8 Å². The maximum absolute atomic E-state index is 13.2. The summed E-state index contributed by atoms with van der Waals surface area (Å²) in [6.07, 6.45) is -3.96. The predicted molar refractivity (Wildman–Crippen MR) is 59.5 cm³/mol. The molecule has 1 unspecified atom stereocenters. The number of rotatable bonds is 8. The zero-order valence-electron chi connectivity index (χ0n) is 10.3. The minimum Gasteiger partial charge on any atom is -0.395 e. The van der Waals surface area contributed by atoms with Gasteiger partial charge in [0.2, 0.25) is 6.17 Å². The molecule has 0 heterocycles. The van der Waals surface area contributed by atoms with Crippen LogP contribution in [0.3, 0.4) is 0 Å². The SMILES string of the molecule is C=C(C)C(=O)OC(F)(F)C(F)CCCCCC. The van der Waals surface area contributed by atoms with E-state index in [1.54, 1.807) is 0 Å². The van der Waals surface area contributed by atoms with E-state index in [1.165, 1.54) is 6.92 Å². The highest BCUT2D eigenvalue weighted by molar-refractivity contribution is 5.87. The van der Waals surface area contributed by atoms with Crippen LogP contribution in [-0.2, 0) is 9.53 Å². The molecule has 0 spiro atoms. The molecule has 0 aliphatic rings. The van der Waals surface area contributed by atoms with Crippen molar-refractivity contribution >= 4 is 5.97 Å². The second-order valence-corrected chi connectivity index (χ2v) is 4.05. The topological polar surface area (TPSA) is 26.3 Å². The number of ether oxygens (including phenoxy) is 1. The van der Waals surface area contributed by atoms with Gasteiger partial charge in [-0.3, -0.25) is 0 Å². The Balaban J connectivity index is 4.10. The largest absolute Gasteiger partial charge is 0.432 e. The number of esters is 1. The van der Waals surface area contributed by atoms with Gasteiger partial charge in [-0.2, -0.15) is 8.78 Å². The summed E-state index contributed by atoms with van der Waals surface area (Å²) in [4.78, 5) is 10.9. The first-order valence-corrected chi connectivity index (χ1v) is 5.72. The number of unbranched alkanes of at least 4 members (excludes halogenated alkanes) is 3. The van der Waals surface area contributed by atoms with Crippen molar-refractivity contribution < 1.29 is 22.7 Å². The smallest absolute Gasteiger partial charge is 0.395 e. The molecule has 5 heteroatoms. The molecule has 1 atom stereocenters. The van der Waals surface area contributed by atoms with Crippen LogP contribution in [-0.4, -0.2) is 18.2 Å². The van der Waals surface area contributed by atoms with E-state index >= 15 is 0 Å². The van der Waals surface area contributed by atoms with E-state index in [9.17, 15) is 18.0 Å². The van der Waals surface area contributed by atoms with Gasteiger partial charge in [0, 0.05) is 5.57 Å². The molecule has 0 radical (unpaired) electrons. The fourth-order valence-corrected chi connectivity index (χ4v) is 1.19. The lowest BCUT2D eigenvalue weighted by molar-refractivity contribution is -0.259. The van der Waals surface area contributed by atoms with Gasteiger partial charge in [0.1, 0.15) is 0 Å². The molecule has 0 rings (SSSR count). The van der Waals surface area contributed by atoms with Crippen molar-refractivity contribution in [3.63, 3.8) is 0 Å². The van der Waals surface area contributed by atoms with Crippen molar-refractivity contribution in [2.75, 3.05) is 0 Å². The van der Waals surface area contributed by atoms with Gasteiger partial charge in [-0.05, 0) is 13.3 Å². The van der Waals surface area contributed by atoms with Gasteiger partial charge in [-0.15, -0.1) is 0 Å². The Morgan fingerprint density at radius 1 is 1.35 bits per heavy atom. The Morgan fingerprint density at radius 2 is 1.94 bits per heavy atom. The molecule has 100 valence electrons. The minimum atomic E-state index is -4.07. The van der Waals surface area contributed by atoms with E-state index in [-0.39, 0.29) is 12.0 Å². The summed E-state index contributed by atoms with van der Waals surface area (Å²) in [5.41, 5.74) is -0.178. The lowest BCUT2D eigenvalue weighted by Crippen LogP contribution is -2.35. The van der Waals surface area contributed by atoms with Gasteiger partial charge in [0.15, 0.2) is 0 Å². The Labute approximate surface area is 99.8 Å². The first kappa shape index (κ1) is 16.0. The highest BCUT2D eigenvalue weighted by Crippen LogP contribution is 2.28. The fourth-order valence-electron chi connectivity index (χ4n) is 1.19. The third-order valence-electron chi connectivity index (χ3n) is 2.25. The summed E-state index contributed by atoms with van der Waals surface area (Å²) < 4.78 is 43.1. The number of hydrogen-bond acceptors (Lipinski definition) is 2. The van der Waals surface area contributed by atoms with Gasteiger partial charge < -0.3 is 4.74 Å². The molecule has 0 aromatic rings. The molecular formula is C12H19F3O2. The quantitative estimate of drug-likeness (QED) is 0.370. The van der Waals surface area contributed by atoms with Crippen LogP contribution in [0.15, 0.2) is 12.2 Å². The maximum atomic E-state index is 13.2. The lowest BCUT2D eigenvalue weighted by Gasteiger charge is -2.20. The molecule has 0 bridgehead atoms. The fraction of sp³-hybridized carbons (Fsp3) is 0.750. The third-order valence-corrected chi connectivity index (χ3v) is 2.25. The summed E-state index contributed by atoms with van der Waals surface area (Å²) in [6, 6.07) is 0. The molecule has 0 fully saturated rings. The molecule has 0 aliphatic heterocycles. The normalized spacial score (nSPS) is 13.2. The van der Waals surface area contributed by atoms with Crippen LogP contribution in [0.4, 0.5) is 13.2 Å². The van der Waals surface area contributed by atoms with Crippen molar-refractivity contribution in [2.45, 2.75) is 58.2 Å². The molecule has 0 saturated carbocycles. The van der Waals surface area contributed by atoms with Gasteiger partial charge in [-0.25, -0.2) is 9.18 Å². The van der Waals surface area contributed by atoms with Gasteiger partial charge in [0.05, 0.1) is 0 Å². The van der Waals surface area contributed by atoms with Crippen LogP contribution in [0.1, 0.15) is 46.0 Å². The monoisotopic (exact) mass is 252 g/mol. The zero-order valence-corrected chi connectivity index (χ0v) is 10.3. The molecule has 0 aliphatic carbocycles. The van der Waals surface area contributed by atoms with Crippen molar-refractivity contribution in [3.8, 4) is 0 Å². The summed E-state index contributed by atoms with van der Waals surface area (Å²) in [5.74, 6) is -1.27. The molecular weight excluding hydrogens is 233 g/mol. The standard InChI is InChI=1S/C12H19F3O2/c1-4-5-6-7-8-10(13)12(14,15)17-11(16)9(2)3/h10H,2,4-8H2,1,3H3. The van der Waals surface area contributed by atoms with Crippen molar-refractivity contribution in [3.05, 3.63) is 12.2 Å². The van der Waals surface area contributed by atoms with E-state index in [4.69, 9.17) is 0 Å². The highest BCUT2D eigenvalue weighted by atomic mass is 19.3. The highest BCUT2D eigenvalue weighted by Gasteiger charge is 2.44. The second-order valence-electron chi connectivity index (χ2n) is 4.05. The van der Waals surface area contributed by atoms with Gasteiger partial charge >= 0.3 is 12.1 Å². The first-order valence-electron chi connectivity index (χ1n) is 5.72. The maximum Gasteiger partial charge on any atom is 0.432 e. The number of carbonyl (C=O) groups is 1. The van der Waals surface area contributed by atoms with Crippen LogP contribution >= 0.6 is 0 Å². The predicted octanol–water partition coefficient (Wildman–Crippen LogP) is 4.01. The van der Waals surface area contributed by atoms with Crippen molar-refractivity contribution in [1.29, 1.82) is 0 Å². The molecule has 2 nitrogen and oxygen atoms in total. The number of alkyl halides is 3. The zero-order chi connectivity index (χ0) is 13.5. The minimum absolute atomic E-state index is 0.178. The van der Waals surface area contributed by atoms with E-state index in [2.05, 4.69) is 11.3 Å². The average molecular weight is 252 g/mol. The molecule has 0 amide bonds.